The van der Waals surface area contributed by atoms with Gasteiger partial charge in [-0.1, -0.05) is 24.3 Å². The first-order valence-electron chi connectivity index (χ1n) is 12.6. The van der Waals surface area contributed by atoms with Crippen LogP contribution in [0.4, 0.5) is 9.59 Å². The van der Waals surface area contributed by atoms with Gasteiger partial charge >= 0.3 is 12.1 Å². The van der Waals surface area contributed by atoms with Crippen molar-refractivity contribution in [2.75, 3.05) is 26.7 Å². The normalized spacial score (nSPS) is 34.3. The van der Waals surface area contributed by atoms with E-state index in [9.17, 15) is 9.59 Å². The van der Waals surface area contributed by atoms with Crippen molar-refractivity contribution in [3.8, 4) is 0 Å². The zero-order chi connectivity index (χ0) is 21.9. The standard InChI is InChI=1S/C26H36N4O2/c1-27-24(31)30-15-19-4-2-3-5-22(19)26(16-30)6-8-29(9-7-26)25(32)28-23-20-11-17-10-18(13-20)14-21(23)12-17/h2-5,17-18,20-21,23H,6-16H2,1H3,(H,27,31)(H,28,32). The SMILES string of the molecule is CNC(=O)N1Cc2ccccc2C2(CCN(C(=O)NC3C4CC5CC(C4)CC3C5)CC2)C1. The van der Waals surface area contributed by atoms with E-state index in [-0.39, 0.29) is 17.5 Å². The number of nitrogens with zero attached hydrogens (tertiary/aromatic N) is 2. The first kappa shape index (κ1) is 20.4. The van der Waals surface area contributed by atoms with Crippen molar-refractivity contribution in [3.63, 3.8) is 0 Å². The lowest BCUT2D eigenvalue weighted by Gasteiger charge is -2.55. The predicted molar refractivity (Wildman–Crippen MR) is 123 cm³/mol. The number of hydrogen-bond donors (Lipinski definition) is 2. The highest BCUT2D eigenvalue weighted by Gasteiger charge is 2.49. The topological polar surface area (TPSA) is 64.7 Å². The number of fused-ring (bicyclic) bond motifs is 2. The van der Waals surface area contributed by atoms with Crippen LogP contribution in [0.25, 0.3) is 0 Å². The summed E-state index contributed by atoms with van der Waals surface area (Å²) in [4.78, 5) is 29.7. The average Bonchev–Trinajstić information content (AvgIpc) is 2.81. The summed E-state index contributed by atoms with van der Waals surface area (Å²) in [6.07, 6.45) is 8.57. The van der Waals surface area contributed by atoms with E-state index in [1.54, 1.807) is 7.05 Å². The maximum atomic E-state index is 13.3. The number of amides is 4. The lowest BCUT2D eigenvalue weighted by atomic mass is 9.54. The summed E-state index contributed by atoms with van der Waals surface area (Å²) in [5.74, 6) is 3.26. The molecular weight excluding hydrogens is 400 g/mol. The number of benzene rings is 1. The Kier molecular flexibility index (Phi) is 4.88. The van der Waals surface area contributed by atoms with E-state index in [0.717, 1.165) is 44.3 Å². The Morgan fingerprint density at radius 3 is 2.22 bits per heavy atom. The Hall–Kier alpha value is -2.24. The monoisotopic (exact) mass is 436 g/mol. The highest BCUT2D eigenvalue weighted by Crippen LogP contribution is 2.53. The zero-order valence-corrected chi connectivity index (χ0v) is 19.2. The highest BCUT2D eigenvalue weighted by molar-refractivity contribution is 5.75. The summed E-state index contributed by atoms with van der Waals surface area (Å²) < 4.78 is 0. The molecule has 7 rings (SSSR count). The van der Waals surface area contributed by atoms with Crippen molar-refractivity contribution in [3.05, 3.63) is 35.4 Å². The van der Waals surface area contributed by atoms with Gasteiger partial charge in [-0.2, -0.15) is 0 Å². The average molecular weight is 437 g/mol. The molecule has 0 unspecified atom stereocenters. The van der Waals surface area contributed by atoms with Gasteiger partial charge in [0.05, 0.1) is 0 Å². The van der Waals surface area contributed by atoms with Gasteiger partial charge in [-0.3, -0.25) is 0 Å². The Labute approximate surface area is 191 Å². The van der Waals surface area contributed by atoms with E-state index < -0.39 is 0 Å². The van der Waals surface area contributed by atoms with Crippen LogP contribution in [0.5, 0.6) is 0 Å². The third-order valence-corrected chi connectivity index (χ3v) is 9.47. The molecular formula is C26H36N4O2. The summed E-state index contributed by atoms with van der Waals surface area (Å²) in [5, 5.41) is 6.29. The fourth-order valence-corrected chi connectivity index (χ4v) is 8.15. The fourth-order valence-electron chi connectivity index (χ4n) is 8.15. The smallest absolute Gasteiger partial charge is 0.317 e. The molecule has 2 N–H and O–H groups in total. The minimum Gasteiger partial charge on any atom is -0.341 e. The number of nitrogens with one attached hydrogen (secondary N) is 2. The maximum Gasteiger partial charge on any atom is 0.317 e. The molecule has 6 heteroatoms. The van der Waals surface area contributed by atoms with Crippen molar-refractivity contribution in [2.24, 2.45) is 23.7 Å². The van der Waals surface area contributed by atoms with E-state index >= 15 is 0 Å². The Bertz CT molecular complexity index is 879. The van der Waals surface area contributed by atoms with Gasteiger partial charge in [0.2, 0.25) is 0 Å². The minimum absolute atomic E-state index is 0.0130. The van der Waals surface area contributed by atoms with Crippen molar-refractivity contribution >= 4 is 12.1 Å². The molecule has 0 radical (unpaired) electrons. The Morgan fingerprint density at radius 2 is 1.56 bits per heavy atom. The molecule has 1 aromatic carbocycles. The number of hydrogen-bond acceptors (Lipinski definition) is 2. The molecule has 4 amide bonds. The predicted octanol–water partition coefficient (Wildman–Crippen LogP) is 3.71. The first-order chi connectivity index (χ1) is 15.5. The molecule has 4 bridgehead atoms. The van der Waals surface area contributed by atoms with Crippen LogP contribution in [-0.4, -0.2) is 54.6 Å². The van der Waals surface area contributed by atoms with Crippen LogP contribution >= 0.6 is 0 Å². The van der Waals surface area contributed by atoms with Crippen LogP contribution in [0.2, 0.25) is 0 Å². The van der Waals surface area contributed by atoms with Gasteiger partial charge in [0.1, 0.15) is 0 Å². The van der Waals surface area contributed by atoms with Crippen LogP contribution in [0, 0.1) is 23.7 Å². The van der Waals surface area contributed by atoms with Gasteiger partial charge in [0, 0.05) is 44.7 Å². The van der Waals surface area contributed by atoms with E-state index in [1.165, 1.54) is 43.2 Å². The van der Waals surface area contributed by atoms with Gasteiger partial charge in [-0.25, -0.2) is 9.59 Å². The number of carbonyl (C=O) groups is 2. The highest BCUT2D eigenvalue weighted by atomic mass is 16.2. The number of carbonyl (C=O) groups excluding carboxylic acids is 2. The van der Waals surface area contributed by atoms with Gasteiger partial charge in [0.25, 0.3) is 0 Å². The molecule has 2 heterocycles. The second kappa shape index (κ2) is 7.67. The molecule has 6 nitrogen and oxygen atoms in total. The van der Waals surface area contributed by atoms with Crippen molar-refractivity contribution in [2.45, 2.75) is 62.9 Å². The molecule has 1 spiro atoms. The maximum absolute atomic E-state index is 13.3. The molecule has 172 valence electrons. The van der Waals surface area contributed by atoms with Gasteiger partial charge in [-0.05, 0) is 79.7 Å². The summed E-state index contributed by atoms with van der Waals surface area (Å²) in [7, 11) is 1.70. The van der Waals surface area contributed by atoms with Crippen LogP contribution in [0.3, 0.4) is 0 Å². The summed E-state index contributed by atoms with van der Waals surface area (Å²) in [6, 6.07) is 9.09. The van der Waals surface area contributed by atoms with E-state index in [0.29, 0.717) is 24.4 Å². The minimum atomic E-state index is -0.0548. The first-order valence-corrected chi connectivity index (χ1v) is 12.6. The largest absolute Gasteiger partial charge is 0.341 e. The molecule has 1 aromatic rings. The fraction of sp³-hybridized carbons (Fsp3) is 0.692. The van der Waals surface area contributed by atoms with Crippen molar-refractivity contribution < 1.29 is 9.59 Å². The van der Waals surface area contributed by atoms with Gasteiger partial charge in [0.15, 0.2) is 0 Å². The molecule has 0 aromatic heterocycles. The molecule has 0 atom stereocenters. The van der Waals surface area contributed by atoms with Crippen LogP contribution in [0.15, 0.2) is 24.3 Å². The van der Waals surface area contributed by atoms with Crippen LogP contribution in [-0.2, 0) is 12.0 Å². The molecule has 6 aliphatic rings. The molecule has 5 fully saturated rings. The number of rotatable bonds is 1. The summed E-state index contributed by atoms with van der Waals surface area (Å²) in [5.41, 5.74) is 2.57. The third-order valence-electron chi connectivity index (χ3n) is 9.47. The van der Waals surface area contributed by atoms with Crippen LogP contribution in [0.1, 0.15) is 56.1 Å². The van der Waals surface area contributed by atoms with E-state index in [4.69, 9.17) is 0 Å². The molecule has 4 aliphatic carbocycles. The Morgan fingerprint density at radius 1 is 0.906 bits per heavy atom. The second-order valence-corrected chi connectivity index (χ2v) is 11.2. The number of urea groups is 2. The molecule has 32 heavy (non-hydrogen) atoms. The summed E-state index contributed by atoms with van der Waals surface area (Å²) >= 11 is 0. The lowest BCUT2D eigenvalue weighted by Crippen LogP contribution is -2.60. The lowest BCUT2D eigenvalue weighted by molar-refractivity contribution is -0.0116. The Balaban J connectivity index is 1.14. The number of likely N-dealkylation sites (tertiary alicyclic amines) is 1. The second-order valence-electron chi connectivity index (χ2n) is 11.2. The van der Waals surface area contributed by atoms with Gasteiger partial charge in [-0.15, -0.1) is 0 Å². The third kappa shape index (κ3) is 3.29. The molecule has 2 aliphatic heterocycles. The van der Waals surface area contributed by atoms with E-state index in [1.807, 2.05) is 9.80 Å². The van der Waals surface area contributed by atoms with Crippen LogP contribution < -0.4 is 10.6 Å². The van der Waals surface area contributed by atoms with Crippen molar-refractivity contribution in [1.82, 2.24) is 20.4 Å². The summed E-state index contributed by atoms with van der Waals surface area (Å²) in [6.45, 7) is 2.91. The zero-order valence-electron chi connectivity index (χ0n) is 19.2. The van der Waals surface area contributed by atoms with Crippen molar-refractivity contribution in [1.29, 1.82) is 0 Å². The van der Waals surface area contributed by atoms with E-state index in [2.05, 4.69) is 34.9 Å². The molecule has 4 saturated carbocycles. The quantitative estimate of drug-likeness (QED) is 0.705. The number of piperidine rings is 1. The van der Waals surface area contributed by atoms with Gasteiger partial charge < -0.3 is 20.4 Å². The molecule has 1 saturated heterocycles.